The fraction of sp³-hybridized carbons (Fsp3) is 0.512. The van der Waals surface area contributed by atoms with E-state index in [9.17, 15) is 24.3 Å². The number of fused-ring (bicyclic) bond motifs is 1. The first kappa shape index (κ1) is 38.2. The quantitative estimate of drug-likeness (QED) is 0.264. The van der Waals surface area contributed by atoms with Crippen molar-refractivity contribution in [1.82, 2.24) is 15.1 Å². The summed E-state index contributed by atoms with van der Waals surface area (Å²) in [6.07, 6.45) is 5.59. The SMILES string of the molecule is CCSC[C@H](NC(=O)OC(C)(C)C)C(=O)N1CCC(C(=O)N2CC=C3C(C)(C)C(c4ccc(C(=O)O)cc4)=CC[C@]3(C)C2)(c2ccccc2)CC1. The monoisotopic (exact) mass is 715 g/mol. The lowest BCUT2D eigenvalue weighted by Crippen LogP contribution is -2.59. The Balaban J connectivity index is 1.36. The molecule has 3 amide bonds. The number of carbonyl (C=O) groups is 4. The smallest absolute Gasteiger partial charge is 0.408 e. The second-order valence-corrected chi connectivity index (χ2v) is 17.1. The largest absolute Gasteiger partial charge is 0.478 e. The van der Waals surface area contributed by atoms with Gasteiger partial charge in [0.1, 0.15) is 11.6 Å². The summed E-state index contributed by atoms with van der Waals surface area (Å²) >= 11 is 1.59. The van der Waals surface area contributed by atoms with Crippen molar-refractivity contribution in [2.24, 2.45) is 10.8 Å². The van der Waals surface area contributed by atoms with Crippen LogP contribution in [0.3, 0.4) is 0 Å². The minimum atomic E-state index is -0.943. The molecule has 0 unspecified atom stereocenters. The van der Waals surface area contributed by atoms with Gasteiger partial charge in [0.15, 0.2) is 0 Å². The molecule has 9 nitrogen and oxygen atoms in total. The summed E-state index contributed by atoms with van der Waals surface area (Å²) in [4.78, 5) is 56.7. The molecule has 2 aromatic carbocycles. The fourth-order valence-electron chi connectivity index (χ4n) is 8.23. The van der Waals surface area contributed by atoms with E-state index in [1.165, 1.54) is 5.57 Å². The Kier molecular flexibility index (Phi) is 11.2. The Labute approximate surface area is 306 Å². The molecule has 0 aromatic heterocycles. The molecule has 2 aromatic rings. The number of piperidine rings is 1. The number of carbonyl (C=O) groups excluding carboxylic acids is 3. The summed E-state index contributed by atoms with van der Waals surface area (Å²) in [5, 5.41) is 12.2. The van der Waals surface area contributed by atoms with E-state index in [0.717, 1.165) is 28.9 Å². The Morgan fingerprint density at radius 3 is 2.18 bits per heavy atom. The number of allylic oxidation sites excluding steroid dienone is 2. The van der Waals surface area contributed by atoms with Gasteiger partial charge in [-0.15, -0.1) is 0 Å². The van der Waals surface area contributed by atoms with Gasteiger partial charge in [-0.2, -0.15) is 11.8 Å². The molecule has 1 saturated heterocycles. The zero-order chi connectivity index (χ0) is 37.2. The second kappa shape index (κ2) is 14.9. The zero-order valence-electron chi connectivity index (χ0n) is 31.1. The lowest BCUT2D eigenvalue weighted by atomic mass is 9.58. The van der Waals surface area contributed by atoms with Crippen LogP contribution in [0.4, 0.5) is 4.79 Å². The van der Waals surface area contributed by atoms with E-state index in [-0.39, 0.29) is 28.2 Å². The van der Waals surface area contributed by atoms with Crippen LogP contribution in [0, 0.1) is 10.8 Å². The first-order valence-electron chi connectivity index (χ1n) is 18.0. The average molecular weight is 716 g/mol. The van der Waals surface area contributed by atoms with Crippen molar-refractivity contribution < 1.29 is 29.0 Å². The van der Waals surface area contributed by atoms with Gasteiger partial charge in [-0.1, -0.05) is 87.9 Å². The number of thioether (sulfide) groups is 1. The van der Waals surface area contributed by atoms with Gasteiger partial charge in [0.05, 0.1) is 11.0 Å². The number of ether oxygens (including phenoxy) is 1. The molecule has 0 bridgehead atoms. The van der Waals surface area contributed by atoms with Crippen LogP contribution in [-0.4, -0.2) is 88.1 Å². The number of nitrogens with zero attached hydrogens (tertiary/aromatic N) is 2. The number of benzene rings is 2. The fourth-order valence-corrected chi connectivity index (χ4v) is 8.93. The molecular formula is C41H53N3O6S. The van der Waals surface area contributed by atoms with Gasteiger partial charge in [0.2, 0.25) is 11.8 Å². The van der Waals surface area contributed by atoms with Crippen molar-refractivity contribution in [1.29, 1.82) is 0 Å². The molecular weight excluding hydrogens is 663 g/mol. The van der Waals surface area contributed by atoms with Crippen molar-refractivity contribution in [3.8, 4) is 0 Å². The van der Waals surface area contributed by atoms with E-state index in [2.05, 4.69) is 38.2 Å². The van der Waals surface area contributed by atoms with E-state index in [1.807, 2.05) is 54.3 Å². The summed E-state index contributed by atoms with van der Waals surface area (Å²) in [7, 11) is 0. The number of carboxylic acid groups (broad SMARTS) is 1. The molecule has 1 aliphatic carbocycles. The van der Waals surface area contributed by atoms with Crippen LogP contribution in [0.2, 0.25) is 0 Å². The number of amides is 3. The van der Waals surface area contributed by atoms with Gasteiger partial charge in [0, 0.05) is 42.8 Å². The van der Waals surface area contributed by atoms with Gasteiger partial charge in [-0.3, -0.25) is 9.59 Å². The number of likely N-dealkylation sites (tertiary alicyclic amines) is 1. The average Bonchev–Trinajstić information content (AvgIpc) is 3.08. The lowest BCUT2D eigenvalue weighted by molar-refractivity contribution is -0.144. The molecule has 10 heteroatoms. The summed E-state index contributed by atoms with van der Waals surface area (Å²) in [6, 6.07) is 16.3. The second-order valence-electron chi connectivity index (χ2n) is 15.8. The van der Waals surface area contributed by atoms with E-state index in [0.29, 0.717) is 44.8 Å². The van der Waals surface area contributed by atoms with Crippen LogP contribution in [0.25, 0.3) is 5.57 Å². The van der Waals surface area contributed by atoms with Crippen LogP contribution in [0.5, 0.6) is 0 Å². The minimum absolute atomic E-state index is 0.0825. The zero-order valence-corrected chi connectivity index (χ0v) is 31.9. The standard InChI is InChI=1S/C41H53N3O6S/c1-8-51-26-32(42-37(49)50-38(2,3)4)34(45)43-24-21-41(22-25-43,30-12-10-9-11-13-30)36(48)44-23-19-33-39(5,6)31(18-20-40(33,7)27-44)28-14-16-29(17-15-28)35(46)47/h9-19,32H,8,20-27H2,1-7H3,(H,42,49)(H,46,47)/t32-,40+/m0/s1. The molecule has 1 fully saturated rings. The van der Waals surface area contributed by atoms with Crippen LogP contribution < -0.4 is 5.32 Å². The highest BCUT2D eigenvalue weighted by molar-refractivity contribution is 7.99. The Morgan fingerprint density at radius 1 is 0.941 bits per heavy atom. The topological polar surface area (TPSA) is 116 Å². The molecule has 0 spiro atoms. The molecule has 0 radical (unpaired) electrons. The number of alkyl carbamates (subject to hydrolysis) is 1. The normalized spacial score (nSPS) is 21.8. The van der Waals surface area contributed by atoms with Crippen molar-refractivity contribution in [2.75, 3.05) is 37.7 Å². The summed E-state index contributed by atoms with van der Waals surface area (Å²) in [5.74, 6) is 0.235. The van der Waals surface area contributed by atoms with Gasteiger partial charge >= 0.3 is 12.1 Å². The molecule has 2 heterocycles. The van der Waals surface area contributed by atoms with Crippen molar-refractivity contribution in [3.05, 3.63) is 89.0 Å². The highest BCUT2D eigenvalue weighted by Gasteiger charge is 2.51. The molecule has 3 aliphatic rings. The Hall–Kier alpha value is -4.05. The van der Waals surface area contributed by atoms with E-state index < -0.39 is 29.1 Å². The van der Waals surface area contributed by atoms with Crippen LogP contribution >= 0.6 is 11.8 Å². The number of hydrogen-bond donors (Lipinski definition) is 2. The molecule has 2 atom stereocenters. The molecule has 0 saturated carbocycles. The maximum absolute atomic E-state index is 14.9. The van der Waals surface area contributed by atoms with E-state index >= 15 is 0 Å². The van der Waals surface area contributed by atoms with Gasteiger partial charge in [0.25, 0.3) is 0 Å². The first-order valence-corrected chi connectivity index (χ1v) is 19.1. The van der Waals surface area contributed by atoms with Crippen molar-refractivity contribution >= 4 is 41.2 Å². The molecule has 5 rings (SSSR count). The first-order chi connectivity index (χ1) is 24.0. The summed E-state index contributed by atoms with van der Waals surface area (Å²) in [6.45, 7) is 15.9. The summed E-state index contributed by atoms with van der Waals surface area (Å²) in [5.41, 5.74) is 2.64. The molecule has 51 heavy (non-hydrogen) atoms. The predicted octanol–water partition coefficient (Wildman–Crippen LogP) is 7.18. The van der Waals surface area contributed by atoms with Crippen LogP contribution in [-0.2, 0) is 19.7 Å². The van der Waals surface area contributed by atoms with E-state index in [4.69, 9.17) is 4.74 Å². The molecule has 2 aliphatic heterocycles. The van der Waals surface area contributed by atoms with Crippen LogP contribution in [0.1, 0.15) is 89.2 Å². The van der Waals surface area contributed by atoms with Gasteiger partial charge < -0.3 is 25.0 Å². The maximum Gasteiger partial charge on any atom is 0.408 e. The van der Waals surface area contributed by atoms with E-state index in [1.54, 1.807) is 49.6 Å². The number of nitrogens with one attached hydrogen (secondary N) is 1. The third-order valence-corrected chi connectivity index (χ3v) is 11.7. The maximum atomic E-state index is 14.9. The number of rotatable bonds is 9. The molecule has 274 valence electrons. The number of carboxylic acids is 1. The van der Waals surface area contributed by atoms with Crippen molar-refractivity contribution in [2.45, 2.75) is 84.8 Å². The Bertz CT molecular complexity index is 1690. The third kappa shape index (κ3) is 8.06. The number of aromatic carboxylic acids is 1. The lowest BCUT2D eigenvalue weighted by Gasteiger charge is -2.52. The number of hydrogen-bond acceptors (Lipinski definition) is 6. The van der Waals surface area contributed by atoms with Gasteiger partial charge in [-0.05, 0) is 74.6 Å². The highest BCUT2D eigenvalue weighted by Crippen LogP contribution is 2.55. The molecule has 2 N–H and O–H groups in total. The predicted molar refractivity (Wildman–Crippen MR) is 203 cm³/mol. The van der Waals surface area contributed by atoms with Crippen LogP contribution in [0.15, 0.2) is 72.3 Å². The van der Waals surface area contributed by atoms with Gasteiger partial charge in [-0.25, -0.2) is 9.59 Å². The summed E-state index contributed by atoms with van der Waals surface area (Å²) < 4.78 is 5.47. The Morgan fingerprint density at radius 2 is 1.59 bits per heavy atom. The van der Waals surface area contributed by atoms with Crippen molar-refractivity contribution in [3.63, 3.8) is 0 Å². The minimum Gasteiger partial charge on any atom is -0.478 e. The third-order valence-electron chi connectivity index (χ3n) is 10.7. The highest BCUT2D eigenvalue weighted by atomic mass is 32.2.